The first-order valence-electron chi connectivity index (χ1n) is 7.24. The highest BCUT2D eigenvalue weighted by atomic mass is 16.6. The van der Waals surface area contributed by atoms with Crippen LogP contribution in [0.3, 0.4) is 0 Å². The number of alkyl carbamates (subject to hydrolysis) is 1. The van der Waals surface area contributed by atoms with Crippen LogP contribution in [-0.4, -0.2) is 34.7 Å². The number of hydrogen-bond donors (Lipinski definition) is 3. The Bertz CT molecular complexity index is 551. The average Bonchev–Trinajstić information content (AvgIpc) is 2.42. The predicted octanol–water partition coefficient (Wildman–Crippen LogP) is 2.38. The molecular formula is C16H22N2O5. The van der Waals surface area contributed by atoms with Gasteiger partial charge in [-0.1, -0.05) is 18.2 Å². The molecule has 0 aliphatic carbocycles. The van der Waals surface area contributed by atoms with E-state index < -0.39 is 29.6 Å². The monoisotopic (exact) mass is 322 g/mol. The van der Waals surface area contributed by atoms with Gasteiger partial charge >= 0.3 is 12.1 Å². The number of carbonyl (C=O) groups excluding carboxylic acids is 2. The summed E-state index contributed by atoms with van der Waals surface area (Å²) in [5.74, 6) is -1.54. The van der Waals surface area contributed by atoms with Crippen LogP contribution in [0.1, 0.15) is 33.6 Å². The third kappa shape index (κ3) is 7.85. The van der Waals surface area contributed by atoms with Crippen LogP contribution >= 0.6 is 0 Å². The Morgan fingerprint density at radius 2 is 1.78 bits per heavy atom. The maximum atomic E-state index is 12.3. The molecule has 7 heteroatoms. The van der Waals surface area contributed by atoms with E-state index in [1.807, 2.05) is 0 Å². The van der Waals surface area contributed by atoms with Crippen LogP contribution in [0.25, 0.3) is 0 Å². The van der Waals surface area contributed by atoms with Crippen LogP contribution in [0.4, 0.5) is 10.5 Å². The van der Waals surface area contributed by atoms with Gasteiger partial charge in [0.2, 0.25) is 5.91 Å². The molecule has 0 saturated carbocycles. The Hall–Kier alpha value is -2.57. The van der Waals surface area contributed by atoms with Gasteiger partial charge in [0.05, 0.1) is 0 Å². The number of amides is 2. The van der Waals surface area contributed by atoms with Gasteiger partial charge in [-0.05, 0) is 39.3 Å². The SMILES string of the molecule is CC(C)(C)OC(=O)NC(CCC(=O)O)C(=O)Nc1ccccc1. The lowest BCUT2D eigenvalue weighted by Gasteiger charge is -2.23. The standard InChI is InChI=1S/C16H22N2O5/c1-16(2,3)23-15(22)18-12(9-10-13(19)20)14(21)17-11-7-5-4-6-8-11/h4-8,12H,9-10H2,1-3H3,(H,17,21)(H,18,22)(H,19,20). The highest BCUT2D eigenvalue weighted by molar-refractivity contribution is 5.96. The Kier molecular flexibility index (Phi) is 6.56. The molecule has 23 heavy (non-hydrogen) atoms. The Labute approximate surface area is 135 Å². The molecule has 0 spiro atoms. The van der Waals surface area contributed by atoms with Crippen molar-refractivity contribution in [3.8, 4) is 0 Å². The van der Waals surface area contributed by atoms with E-state index in [9.17, 15) is 14.4 Å². The number of benzene rings is 1. The van der Waals surface area contributed by atoms with Gasteiger partial charge in [0.25, 0.3) is 0 Å². The molecule has 3 N–H and O–H groups in total. The first-order chi connectivity index (χ1) is 10.7. The molecule has 126 valence electrons. The van der Waals surface area contributed by atoms with Crippen molar-refractivity contribution in [2.24, 2.45) is 0 Å². The highest BCUT2D eigenvalue weighted by Gasteiger charge is 2.25. The topological polar surface area (TPSA) is 105 Å². The van der Waals surface area contributed by atoms with Gasteiger partial charge in [0.15, 0.2) is 0 Å². The maximum Gasteiger partial charge on any atom is 0.408 e. The number of anilines is 1. The number of carbonyl (C=O) groups is 3. The normalized spacial score (nSPS) is 12.1. The molecule has 0 saturated heterocycles. The van der Waals surface area contributed by atoms with E-state index in [0.717, 1.165) is 0 Å². The minimum atomic E-state index is -1.05. The molecule has 7 nitrogen and oxygen atoms in total. The van der Waals surface area contributed by atoms with Crippen molar-refractivity contribution in [1.29, 1.82) is 0 Å². The van der Waals surface area contributed by atoms with E-state index in [1.165, 1.54) is 0 Å². The summed E-state index contributed by atoms with van der Waals surface area (Å²) >= 11 is 0. The predicted molar refractivity (Wildman–Crippen MR) is 85.1 cm³/mol. The summed E-state index contributed by atoms with van der Waals surface area (Å²) in [5, 5.41) is 13.8. The number of aliphatic carboxylic acids is 1. The van der Waals surface area contributed by atoms with Crippen molar-refractivity contribution < 1.29 is 24.2 Å². The van der Waals surface area contributed by atoms with Gasteiger partial charge in [-0.3, -0.25) is 9.59 Å². The zero-order valence-electron chi connectivity index (χ0n) is 13.5. The second kappa shape index (κ2) is 8.17. The van der Waals surface area contributed by atoms with Crippen molar-refractivity contribution in [1.82, 2.24) is 5.32 Å². The number of carboxylic acids is 1. The summed E-state index contributed by atoms with van der Waals surface area (Å²) in [6, 6.07) is 7.70. The van der Waals surface area contributed by atoms with E-state index in [0.29, 0.717) is 5.69 Å². The third-order valence-corrected chi connectivity index (χ3v) is 2.70. The fraction of sp³-hybridized carbons (Fsp3) is 0.438. The van der Waals surface area contributed by atoms with E-state index in [-0.39, 0.29) is 12.8 Å². The molecule has 1 rings (SSSR count). The lowest BCUT2D eigenvalue weighted by atomic mass is 10.1. The van der Waals surface area contributed by atoms with Crippen LogP contribution in [0.15, 0.2) is 30.3 Å². The molecule has 0 aliphatic heterocycles. The minimum absolute atomic E-state index is 0.0345. The summed E-state index contributed by atoms with van der Waals surface area (Å²) in [4.78, 5) is 34.8. The van der Waals surface area contributed by atoms with Gasteiger partial charge < -0.3 is 20.5 Å². The molecule has 2 amide bonds. The van der Waals surface area contributed by atoms with Crippen LogP contribution in [0.2, 0.25) is 0 Å². The van der Waals surface area contributed by atoms with E-state index in [4.69, 9.17) is 9.84 Å². The summed E-state index contributed by atoms with van der Waals surface area (Å²) in [7, 11) is 0. The molecule has 1 aromatic rings. The largest absolute Gasteiger partial charge is 0.481 e. The van der Waals surface area contributed by atoms with Crippen molar-refractivity contribution in [2.45, 2.75) is 45.3 Å². The van der Waals surface area contributed by atoms with Crippen molar-refractivity contribution in [3.63, 3.8) is 0 Å². The number of ether oxygens (including phenoxy) is 1. The summed E-state index contributed by atoms with van der Waals surface area (Å²) in [5.41, 5.74) is -0.152. The average molecular weight is 322 g/mol. The van der Waals surface area contributed by atoms with Crippen LogP contribution in [-0.2, 0) is 14.3 Å². The summed E-state index contributed by atoms with van der Waals surface area (Å²) in [6.07, 6.45) is -1.05. The summed E-state index contributed by atoms with van der Waals surface area (Å²) < 4.78 is 5.10. The quantitative estimate of drug-likeness (QED) is 0.746. The van der Waals surface area contributed by atoms with Crippen molar-refractivity contribution >= 4 is 23.7 Å². The van der Waals surface area contributed by atoms with Gasteiger partial charge in [0.1, 0.15) is 11.6 Å². The minimum Gasteiger partial charge on any atom is -0.481 e. The number of carboxylic acid groups (broad SMARTS) is 1. The Morgan fingerprint density at radius 3 is 2.30 bits per heavy atom. The first kappa shape index (κ1) is 18.5. The van der Waals surface area contributed by atoms with Gasteiger partial charge in [-0.15, -0.1) is 0 Å². The second-order valence-corrected chi connectivity index (χ2v) is 5.99. The second-order valence-electron chi connectivity index (χ2n) is 5.99. The number of hydrogen-bond acceptors (Lipinski definition) is 4. The van der Waals surface area contributed by atoms with Crippen molar-refractivity contribution in [3.05, 3.63) is 30.3 Å². The van der Waals surface area contributed by atoms with Crippen LogP contribution in [0.5, 0.6) is 0 Å². The molecule has 1 unspecified atom stereocenters. The molecule has 1 atom stereocenters. The maximum absolute atomic E-state index is 12.3. The third-order valence-electron chi connectivity index (χ3n) is 2.70. The molecule has 0 heterocycles. The van der Waals surface area contributed by atoms with Gasteiger partial charge in [0, 0.05) is 12.1 Å². The number of para-hydroxylation sites is 1. The fourth-order valence-electron chi connectivity index (χ4n) is 1.74. The molecule has 0 aromatic heterocycles. The smallest absolute Gasteiger partial charge is 0.408 e. The lowest BCUT2D eigenvalue weighted by molar-refractivity contribution is -0.137. The molecule has 0 radical (unpaired) electrons. The molecule has 1 aromatic carbocycles. The number of nitrogens with one attached hydrogen (secondary N) is 2. The lowest BCUT2D eigenvalue weighted by Crippen LogP contribution is -2.46. The first-order valence-corrected chi connectivity index (χ1v) is 7.24. The zero-order chi connectivity index (χ0) is 17.5. The molecular weight excluding hydrogens is 300 g/mol. The highest BCUT2D eigenvalue weighted by Crippen LogP contribution is 2.10. The Balaban J connectivity index is 2.72. The molecule has 0 aliphatic rings. The van der Waals surface area contributed by atoms with Crippen LogP contribution in [0, 0.1) is 0 Å². The van der Waals surface area contributed by atoms with Crippen molar-refractivity contribution in [2.75, 3.05) is 5.32 Å². The fourth-order valence-corrected chi connectivity index (χ4v) is 1.74. The van der Waals surface area contributed by atoms with E-state index in [1.54, 1.807) is 51.1 Å². The van der Waals surface area contributed by atoms with E-state index in [2.05, 4.69) is 10.6 Å². The summed E-state index contributed by atoms with van der Waals surface area (Å²) in [6.45, 7) is 5.09. The zero-order valence-corrected chi connectivity index (χ0v) is 13.5. The molecule has 0 bridgehead atoms. The number of rotatable bonds is 6. The molecule has 0 fully saturated rings. The Morgan fingerprint density at radius 1 is 1.17 bits per heavy atom. The van der Waals surface area contributed by atoms with Gasteiger partial charge in [-0.25, -0.2) is 4.79 Å². The van der Waals surface area contributed by atoms with E-state index >= 15 is 0 Å². The van der Waals surface area contributed by atoms with Gasteiger partial charge in [-0.2, -0.15) is 0 Å². The van der Waals surface area contributed by atoms with Crippen LogP contribution < -0.4 is 10.6 Å².